The molecule has 0 aromatic carbocycles. The van der Waals surface area contributed by atoms with E-state index >= 15 is 0 Å². The normalized spacial score (nSPS) is 36.5. The number of likely N-dealkylation sites (tertiary alicyclic amines) is 1. The Morgan fingerprint density at radius 3 is 2.80 bits per heavy atom. The molecule has 2 heterocycles. The van der Waals surface area contributed by atoms with E-state index in [0.29, 0.717) is 12.2 Å². The van der Waals surface area contributed by atoms with E-state index in [2.05, 4.69) is 12.2 Å². The molecule has 0 aliphatic carbocycles. The van der Waals surface area contributed by atoms with Crippen LogP contribution >= 0.6 is 0 Å². The Kier molecular flexibility index (Phi) is 3.26. The Morgan fingerprint density at radius 2 is 2.27 bits per heavy atom. The molecule has 86 valence electrons. The largest absolute Gasteiger partial charge is 0.374 e. The van der Waals surface area contributed by atoms with Crippen LogP contribution in [-0.4, -0.2) is 49.2 Å². The van der Waals surface area contributed by atoms with Gasteiger partial charge in [0.25, 0.3) is 0 Å². The molecule has 2 aliphatic heterocycles. The molecule has 1 amide bonds. The maximum absolute atomic E-state index is 11.6. The summed E-state index contributed by atoms with van der Waals surface area (Å²) < 4.78 is 5.70. The summed E-state index contributed by atoms with van der Waals surface area (Å²) in [5, 5.41) is 3.31. The average Bonchev–Trinajstić information content (AvgIpc) is 2.74. The van der Waals surface area contributed by atoms with Crippen LogP contribution in [0.25, 0.3) is 0 Å². The Labute approximate surface area is 91.0 Å². The second-order valence-corrected chi connectivity index (χ2v) is 4.66. The molecule has 2 aliphatic rings. The number of nitrogens with zero attached hydrogens (tertiary/aromatic N) is 1. The van der Waals surface area contributed by atoms with Crippen LogP contribution in [0.2, 0.25) is 0 Å². The zero-order valence-corrected chi connectivity index (χ0v) is 9.53. The highest BCUT2D eigenvalue weighted by Crippen LogP contribution is 2.18. The molecule has 0 radical (unpaired) electrons. The second-order valence-electron chi connectivity index (χ2n) is 4.66. The summed E-state index contributed by atoms with van der Waals surface area (Å²) >= 11 is 0. The number of likely N-dealkylation sites (N-methyl/N-ethyl adjacent to an activating group) is 1. The molecular weight excluding hydrogens is 192 g/mol. The number of carbonyl (C=O) groups excluding carboxylic acids is 1. The Bertz CT molecular complexity index is 245. The van der Waals surface area contributed by atoms with Gasteiger partial charge in [0, 0.05) is 20.1 Å². The van der Waals surface area contributed by atoms with E-state index in [4.69, 9.17) is 4.74 Å². The maximum atomic E-state index is 11.6. The molecule has 0 bridgehead atoms. The number of amides is 1. The second kappa shape index (κ2) is 4.49. The minimum atomic E-state index is 0.0227. The summed E-state index contributed by atoms with van der Waals surface area (Å²) in [6.45, 7) is 3.79. The van der Waals surface area contributed by atoms with Crippen molar-refractivity contribution in [3.05, 3.63) is 0 Å². The van der Waals surface area contributed by atoms with Crippen LogP contribution in [0.4, 0.5) is 0 Å². The molecule has 0 spiro atoms. The summed E-state index contributed by atoms with van der Waals surface area (Å²) in [4.78, 5) is 13.4. The molecule has 2 saturated heterocycles. The summed E-state index contributed by atoms with van der Waals surface area (Å²) in [5.41, 5.74) is 0. The van der Waals surface area contributed by atoms with Gasteiger partial charge in [0.2, 0.25) is 5.91 Å². The lowest BCUT2D eigenvalue weighted by molar-refractivity contribution is -0.128. The highest BCUT2D eigenvalue weighted by atomic mass is 16.5. The first-order chi connectivity index (χ1) is 7.16. The van der Waals surface area contributed by atoms with Gasteiger partial charge in [0.1, 0.15) is 0 Å². The lowest BCUT2D eigenvalue weighted by Crippen LogP contribution is -2.40. The minimum Gasteiger partial charge on any atom is -0.374 e. The Hall–Kier alpha value is -0.610. The van der Waals surface area contributed by atoms with E-state index in [1.54, 1.807) is 4.90 Å². The standard InChI is InChI=1S/C11H20N2O2/c1-8-3-4-9(15-8)7-12-10-5-6-13(2)11(10)14/h8-10,12H,3-7H2,1-2H3. The van der Waals surface area contributed by atoms with Gasteiger partial charge in [-0.2, -0.15) is 0 Å². The first-order valence-corrected chi connectivity index (χ1v) is 5.80. The van der Waals surface area contributed by atoms with Crippen molar-refractivity contribution in [1.82, 2.24) is 10.2 Å². The Balaban J connectivity index is 1.72. The number of rotatable bonds is 3. The van der Waals surface area contributed by atoms with Gasteiger partial charge < -0.3 is 15.0 Å². The van der Waals surface area contributed by atoms with Gasteiger partial charge in [0.15, 0.2) is 0 Å². The molecule has 4 nitrogen and oxygen atoms in total. The predicted molar refractivity (Wildman–Crippen MR) is 57.6 cm³/mol. The fourth-order valence-electron chi connectivity index (χ4n) is 2.32. The van der Waals surface area contributed by atoms with Gasteiger partial charge >= 0.3 is 0 Å². The summed E-state index contributed by atoms with van der Waals surface area (Å²) in [6.07, 6.45) is 3.88. The molecule has 0 aromatic rings. The first kappa shape index (κ1) is 10.9. The van der Waals surface area contributed by atoms with Crippen molar-refractivity contribution in [3.63, 3.8) is 0 Å². The highest BCUT2D eigenvalue weighted by molar-refractivity contribution is 5.83. The van der Waals surface area contributed by atoms with Crippen molar-refractivity contribution in [1.29, 1.82) is 0 Å². The smallest absolute Gasteiger partial charge is 0.239 e. The Morgan fingerprint density at radius 1 is 1.47 bits per heavy atom. The van der Waals surface area contributed by atoms with Crippen LogP contribution < -0.4 is 5.32 Å². The van der Waals surface area contributed by atoms with Crippen molar-refractivity contribution in [3.8, 4) is 0 Å². The minimum absolute atomic E-state index is 0.0227. The van der Waals surface area contributed by atoms with E-state index in [9.17, 15) is 4.79 Å². The third-order valence-corrected chi connectivity index (χ3v) is 3.34. The quantitative estimate of drug-likeness (QED) is 0.735. The molecule has 2 rings (SSSR count). The zero-order valence-electron chi connectivity index (χ0n) is 9.53. The van der Waals surface area contributed by atoms with Crippen molar-refractivity contribution < 1.29 is 9.53 Å². The van der Waals surface area contributed by atoms with E-state index < -0.39 is 0 Å². The van der Waals surface area contributed by atoms with Crippen LogP contribution in [0, 0.1) is 0 Å². The number of ether oxygens (including phenoxy) is 1. The monoisotopic (exact) mass is 212 g/mol. The van der Waals surface area contributed by atoms with Crippen molar-refractivity contribution in [2.75, 3.05) is 20.1 Å². The third-order valence-electron chi connectivity index (χ3n) is 3.34. The summed E-state index contributed by atoms with van der Waals surface area (Å²) in [6, 6.07) is 0.0227. The molecule has 0 saturated carbocycles. The van der Waals surface area contributed by atoms with Crippen LogP contribution in [0.3, 0.4) is 0 Å². The number of hydrogen-bond donors (Lipinski definition) is 1. The first-order valence-electron chi connectivity index (χ1n) is 5.80. The van der Waals surface area contributed by atoms with Gasteiger partial charge in [-0.15, -0.1) is 0 Å². The molecule has 3 atom stereocenters. The molecule has 4 heteroatoms. The molecular formula is C11H20N2O2. The van der Waals surface area contributed by atoms with E-state index in [1.807, 2.05) is 7.05 Å². The van der Waals surface area contributed by atoms with Gasteiger partial charge in [-0.1, -0.05) is 0 Å². The highest BCUT2D eigenvalue weighted by Gasteiger charge is 2.30. The fourth-order valence-corrected chi connectivity index (χ4v) is 2.32. The summed E-state index contributed by atoms with van der Waals surface area (Å²) in [7, 11) is 1.86. The number of hydrogen-bond acceptors (Lipinski definition) is 3. The average molecular weight is 212 g/mol. The molecule has 0 aromatic heterocycles. The van der Waals surface area contributed by atoms with Gasteiger partial charge in [-0.25, -0.2) is 0 Å². The number of nitrogens with one attached hydrogen (secondary N) is 1. The molecule has 3 unspecified atom stereocenters. The van der Waals surface area contributed by atoms with Crippen molar-refractivity contribution in [2.24, 2.45) is 0 Å². The van der Waals surface area contributed by atoms with Gasteiger partial charge in [0.05, 0.1) is 18.2 Å². The van der Waals surface area contributed by atoms with Crippen LogP contribution in [-0.2, 0) is 9.53 Å². The van der Waals surface area contributed by atoms with Crippen LogP contribution in [0.1, 0.15) is 26.2 Å². The van der Waals surface area contributed by atoms with E-state index in [-0.39, 0.29) is 11.9 Å². The molecule has 2 fully saturated rings. The summed E-state index contributed by atoms with van der Waals surface area (Å²) in [5.74, 6) is 0.223. The topological polar surface area (TPSA) is 41.6 Å². The van der Waals surface area contributed by atoms with Crippen molar-refractivity contribution in [2.45, 2.75) is 44.4 Å². The van der Waals surface area contributed by atoms with Gasteiger partial charge in [-0.05, 0) is 26.2 Å². The predicted octanol–water partition coefficient (Wildman–Crippen LogP) is 0.374. The van der Waals surface area contributed by atoms with Crippen LogP contribution in [0.15, 0.2) is 0 Å². The lowest BCUT2D eigenvalue weighted by atomic mass is 10.2. The lowest BCUT2D eigenvalue weighted by Gasteiger charge is -2.16. The SMILES string of the molecule is CC1CCC(CNC2CCN(C)C2=O)O1. The van der Waals surface area contributed by atoms with E-state index in [0.717, 1.165) is 32.4 Å². The fraction of sp³-hybridized carbons (Fsp3) is 0.909. The van der Waals surface area contributed by atoms with Crippen LogP contribution in [0.5, 0.6) is 0 Å². The molecule has 1 N–H and O–H groups in total. The molecule has 15 heavy (non-hydrogen) atoms. The zero-order chi connectivity index (χ0) is 10.8. The van der Waals surface area contributed by atoms with Crippen molar-refractivity contribution >= 4 is 5.91 Å². The maximum Gasteiger partial charge on any atom is 0.239 e. The third kappa shape index (κ3) is 2.49. The van der Waals surface area contributed by atoms with Gasteiger partial charge in [-0.3, -0.25) is 4.79 Å². The number of carbonyl (C=O) groups is 1. The van der Waals surface area contributed by atoms with E-state index in [1.165, 1.54) is 0 Å².